The highest BCUT2D eigenvalue weighted by Crippen LogP contribution is 2.25. The lowest BCUT2D eigenvalue weighted by Crippen LogP contribution is -2.37. The molecule has 142 valence electrons. The molecule has 3 rings (SSSR count). The maximum Gasteiger partial charge on any atom is 0.246 e. The zero-order chi connectivity index (χ0) is 19.1. The molecule has 9 heteroatoms. The van der Waals surface area contributed by atoms with Gasteiger partial charge in [0.15, 0.2) is 0 Å². The first-order chi connectivity index (χ1) is 12.3. The molecule has 3 heterocycles. The normalized spacial score (nSPS) is 14.7. The third kappa shape index (κ3) is 3.30. The van der Waals surface area contributed by atoms with Gasteiger partial charge in [0.05, 0.1) is 11.4 Å². The van der Waals surface area contributed by atoms with Crippen molar-refractivity contribution < 1.29 is 13.2 Å². The smallest absolute Gasteiger partial charge is 0.246 e. The zero-order valence-corrected chi connectivity index (χ0v) is 17.2. The Labute approximate surface area is 158 Å². The highest BCUT2D eigenvalue weighted by atomic mass is 32.2. The van der Waals surface area contributed by atoms with Crippen LogP contribution < -0.4 is 0 Å². The van der Waals surface area contributed by atoms with Crippen molar-refractivity contribution in [2.45, 2.75) is 45.2 Å². The second-order valence-electron chi connectivity index (χ2n) is 6.51. The van der Waals surface area contributed by atoms with Crippen LogP contribution in [0.3, 0.4) is 0 Å². The average molecular weight is 397 g/mol. The summed E-state index contributed by atoms with van der Waals surface area (Å²) in [4.78, 5) is 16.1. The van der Waals surface area contributed by atoms with Crippen LogP contribution in [0.1, 0.15) is 28.8 Å². The number of carbonyl (C=O) groups is 1. The molecule has 7 nitrogen and oxygen atoms in total. The maximum atomic E-state index is 12.7. The predicted octanol–water partition coefficient (Wildman–Crippen LogP) is 1.79. The first-order valence-corrected chi connectivity index (χ1v) is 10.9. The van der Waals surface area contributed by atoms with E-state index < -0.39 is 10.0 Å². The SMILES string of the molecule is CCN(C)S(=O)(=O)c1c(C)nn(CC(=O)N2CCc3sccc3C2)c1C. The van der Waals surface area contributed by atoms with Gasteiger partial charge in [-0.2, -0.15) is 5.10 Å². The lowest BCUT2D eigenvalue weighted by Gasteiger charge is -2.27. The van der Waals surface area contributed by atoms with Gasteiger partial charge < -0.3 is 4.90 Å². The Morgan fingerprint density at radius 1 is 1.38 bits per heavy atom. The number of carbonyl (C=O) groups excluding carboxylic acids is 1. The lowest BCUT2D eigenvalue weighted by molar-refractivity contribution is -0.133. The molecular weight excluding hydrogens is 372 g/mol. The fourth-order valence-corrected chi connectivity index (χ4v) is 5.66. The topological polar surface area (TPSA) is 75.5 Å². The molecule has 0 aromatic carbocycles. The minimum absolute atomic E-state index is 0.0414. The molecule has 2 aromatic heterocycles. The van der Waals surface area contributed by atoms with Crippen molar-refractivity contribution in [2.24, 2.45) is 0 Å². The number of nitrogens with zero attached hydrogens (tertiary/aromatic N) is 4. The summed E-state index contributed by atoms with van der Waals surface area (Å²) in [5, 5.41) is 6.38. The molecule has 0 unspecified atom stereocenters. The van der Waals surface area contributed by atoms with E-state index in [0.717, 1.165) is 6.42 Å². The van der Waals surface area contributed by atoms with Gasteiger partial charge in [0.2, 0.25) is 15.9 Å². The zero-order valence-electron chi connectivity index (χ0n) is 15.5. The number of rotatable bonds is 5. The Morgan fingerprint density at radius 3 is 2.81 bits per heavy atom. The van der Waals surface area contributed by atoms with Crippen LogP contribution in [0.2, 0.25) is 0 Å². The minimum atomic E-state index is -3.60. The van der Waals surface area contributed by atoms with E-state index >= 15 is 0 Å². The number of fused-ring (bicyclic) bond motifs is 1. The molecule has 1 amide bonds. The van der Waals surface area contributed by atoms with Crippen molar-refractivity contribution in [3.05, 3.63) is 33.3 Å². The summed E-state index contributed by atoms with van der Waals surface area (Å²) in [6, 6.07) is 2.06. The van der Waals surface area contributed by atoms with Crippen molar-refractivity contribution in [1.82, 2.24) is 19.0 Å². The Bertz CT molecular complexity index is 930. The molecule has 0 radical (unpaired) electrons. The molecule has 0 spiro atoms. The number of aryl methyl sites for hydroxylation is 1. The molecule has 2 aromatic rings. The highest BCUT2D eigenvalue weighted by molar-refractivity contribution is 7.89. The van der Waals surface area contributed by atoms with Gasteiger partial charge in [0, 0.05) is 31.6 Å². The van der Waals surface area contributed by atoms with Gasteiger partial charge in [-0.15, -0.1) is 11.3 Å². The lowest BCUT2D eigenvalue weighted by atomic mass is 10.1. The van der Waals surface area contributed by atoms with Gasteiger partial charge in [0.25, 0.3) is 0 Å². The maximum absolute atomic E-state index is 12.7. The van der Waals surface area contributed by atoms with Crippen LogP contribution in [0.25, 0.3) is 0 Å². The summed E-state index contributed by atoms with van der Waals surface area (Å²) < 4.78 is 28.2. The van der Waals surface area contributed by atoms with Crippen molar-refractivity contribution in [3.63, 3.8) is 0 Å². The van der Waals surface area contributed by atoms with E-state index in [1.807, 2.05) is 4.90 Å². The fourth-order valence-electron chi connectivity index (χ4n) is 3.22. The van der Waals surface area contributed by atoms with E-state index in [1.54, 1.807) is 39.2 Å². The van der Waals surface area contributed by atoms with Gasteiger partial charge in [-0.25, -0.2) is 12.7 Å². The van der Waals surface area contributed by atoms with E-state index in [4.69, 9.17) is 0 Å². The molecule has 1 aliphatic rings. The van der Waals surface area contributed by atoms with Gasteiger partial charge in [-0.05, 0) is 37.3 Å². The second kappa shape index (κ2) is 7.13. The number of aromatic nitrogens is 2. The van der Waals surface area contributed by atoms with E-state index in [1.165, 1.54) is 19.4 Å². The van der Waals surface area contributed by atoms with E-state index in [-0.39, 0.29) is 17.3 Å². The van der Waals surface area contributed by atoms with E-state index in [9.17, 15) is 13.2 Å². The average Bonchev–Trinajstić information content (AvgIpc) is 3.17. The van der Waals surface area contributed by atoms with Crippen LogP contribution in [-0.2, 0) is 34.3 Å². The molecule has 0 bridgehead atoms. The Hall–Kier alpha value is -1.71. The van der Waals surface area contributed by atoms with Crippen LogP contribution in [0.5, 0.6) is 0 Å². The highest BCUT2D eigenvalue weighted by Gasteiger charge is 2.29. The largest absolute Gasteiger partial charge is 0.336 e. The van der Waals surface area contributed by atoms with Crippen molar-refractivity contribution in [1.29, 1.82) is 0 Å². The molecule has 1 aliphatic heterocycles. The van der Waals surface area contributed by atoms with Gasteiger partial charge in [-0.3, -0.25) is 9.48 Å². The van der Waals surface area contributed by atoms with Crippen LogP contribution in [0.15, 0.2) is 16.3 Å². The second-order valence-corrected chi connectivity index (χ2v) is 9.49. The van der Waals surface area contributed by atoms with Crippen molar-refractivity contribution >= 4 is 27.3 Å². The summed E-state index contributed by atoms with van der Waals surface area (Å²) in [6.07, 6.45) is 0.872. The molecule has 26 heavy (non-hydrogen) atoms. The van der Waals surface area contributed by atoms with Gasteiger partial charge in [0.1, 0.15) is 11.4 Å². The number of thiophene rings is 1. The molecule has 0 saturated heterocycles. The van der Waals surface area contributed by atoms with E-state index in [0.29, 0.717) is 31.0 Å². The fraction of sp³-hybridized carbons (Fsp3) is 0.529. The summed E-state index contributed by atoms with van der Waals surface area (Å²) >= 11 is 1.73. The van der Waals surface area contributed by atoms with E-state index in [2.05, 4.69) is 16.5 Å². The number of hydrogen-bond acceptors (Lipinski definition) is 5. The molecular formula is C17H24N4O3S2. The standard InChI is InChI=1S/C17H24N4O3S2/c1-5-19(4)26(23,24)17-12(2)18-21(13(17)3)11-16(22)20-8-6-15-14(10-20)7-9-25-15/h7,9H,5-6,8,10-11H2,1-4H3. The van der Waals surface area contributed by atoms with Crippen molar-refractivity contribution in [2.75, 3.05) is 20.1 Å². The van der Waals surface area contributed by atoms with Crippen LogP contribution in [-0.4, -0.2) is 53.4 Å². The summed E-state index contributed by atoms with van der Waals surface area (Å²) in [6.45, 7) is 6.89. The summed E-state index contributed by atoms with van der Waals surface area (Å²) in [5.74, 6) is -0.0414. The first-order valence-electron chi connectivity index (χ1n) is 8.59. The minimum Gasteiger partial charge on any atom is -0.336 e. The molecule has 0 atom stereocenters. The molecule has 0 N–H and O–H groups in total. The Balaban J connectivity index is 1.81. The van der Waals surface area contributed by atoms with Gasteiger partial charge >= 0.3 is 0 Å². The molecule has 0 fully saturated rings. The Morgan fingerprint density at radius 2 is 2.12 bits per heavy atom. The first kappa shape index (κ1) is 19.1. The molecule has 0 aliphatic carbocycles. The number of sulfonamides is 1. The molecule has 0 saturated carbocycles. The third-order valence-electron chi connectivity index (χ3n) is 4.87. The Kier molecular flexibility index (Phi) is 5.23. The summed E-state index contributed by atoms with van der Waals surface area (Å²) in [5.41, 5.74) is 2.13. The van der Waals surface area contributed by atoms with Crippen LogP contribution in [0, 0.1) is 13.8 Å². The van der Waals surface area contributed by atoms with Crippen LogP contribution >= 0.6 is 11.3 Å². The number of hydrogen-bond donors (Lipinski definition) is 0. The monoisotopic (exact) mass is 396 g/mol. The number of amides is 1. The van der Waals surface area contributed by atoms with Crippen LogP contribution in [0.4, 0.5) is 0 Å². The van der Waals surface area contributed by atoms with Crippen molar-refractivity contribution in [3.8, 4) is 0 Å². The predicted molar refractivity (Wildman–Crippen MR) is 101 cm³/mol. The quantitative estimate of drug-likeness (QED) is 0.772. The third-order valence-corrected chi connectivity index (χ3v) is 8.08. The van der Waals surface area contributed by atoms with Gasteiger partial charge in [-0.1, -0.05) is 6.92 Å². The summed E-state index contributed by atoms with van der Waals surface area (Å²) in [7, 11) is -2.05.